The molecule has 138 valence electrons. The molecule has 0 spiro atoms. The van der Waals surface area contributed by atoms with Crippen molar-refractivity contribution in [3.63, 3.8) is 0 Å². The molecule has 0 atom stereocenters. The zero-order valence-electron chi connectivity index (χ0n) is 15.1. The zero-order valence-corrected chi connectivity index (χ0v) is 15.1. The maximum Gasteiger partial charge on any atom is 0.270 e. The second kappa shape index (κ2) is 9.28. The number of methoxy groups -OCH3 is 1. The minimum Gasteiger partial charge on any atom is -0.497 e. The van der Waals surface area contributed by atoms with Crippen molar-refractivity contribution < 1.29 is 9.53 Å². The molecule has 0 unspecified atom stereocenters. The van der Waals surface area contributed by atoms with Gasteiger partial charge in [0.05, 0.1) is 7.11 Å². The predicted octanol–water partition coefficient (Wildman–Crippen LogP) is 2.46. The van der Waals surface area contributed by atoms with Gasteiger partial charge in [0, 0.05) is 31.7 Å². The Kier molecular flexibility index (Phi) is 6.30. The Morgan fingerprint density at radius 2 is 1.78 bits per heavy atom. The lowest BCUT2D eigenvalue weighted by molar-refractivity contribution is 0.0949. The minimum absolute atomic E-state index is 0.224. The van der Waals surface area contributed by atoms with E-state index in [0.29, 0.717) is 24.7 Å². The quantitative estimate of drug-likeness (QED) is 0.639. The van der Waals surface area contributed by atoms with E-state index in [1.807, 2.05) is 36.4 Å². The molecule has 0 bridgehead atoms. The smallest absolute Gasteiger partial charge is 0.270 e. The standard InChI is InChI=1S/C20H21N5O2/c1-27-17-4-2-15(3-5-17)8-12-22-19(26)18-9-13-23-20(25-18)24-14-16-6-10-21-11-7-16/h2-7,9-11,13H,8,12,14H2,1H3,(H,22,26)(H,23,24,25). The van der Waals surface area contributed by atoms with Gasteiger partial charge in [-0.25, -0.2) is 9.97 Å². The van der Waals surface area contributed by atoms with Crippen LogP contribution in [0.3, 0.4) is 0 Å². The van der Waals surface area contributed by atoms with Crippen molar-refractivity contribution in [3.05, 3.63) is 77.9 Å². The molecule has 0 radical (unpaired) electrons. The van der Waals surface area contributed by atoms with E-state index >= 15 is 0 Å². The van der Waals surface area contributed by atoms with E-state index in [1.54, 1.807) is 31.8 Å². The van der Waals surface area contributed by atoms with E-state index in [2.05, 4.69) is 25.6 Å². The fourth-order valence-electron chi connectivity index (χ4n) is 2.46. The molecule has 7 heteroatoms. The highest BCUT2D eigenvalue weighted by molar-refractivity contribution is 5.92. The van der Waals surface area contributed by atoms with Crippen LogP contribution in [0.1, 0.15) is 21.6 Å². The van der Waals surface area contributed by atoms with Gasteiger partial charge >= 0.3 is 0 Å². The van der Waals surface area contributed by atoms with Gasteiger partial charge in [0.2, 0.25) is 5.95 Å². The van der Waals surface area contributed by atoms with Crippen LogP contribution in [0.5, 0.6) is 5.75 Å². The van der Waals surface area contributed by atoms with Gasteiger partial charge in [-0.2, -0.15) is 0 Å². The van der Waals surface area contributed by atoms with Crippen molar-refractivity contribution in [1.82, 2.24) is 20.3 Å². The lowest BCUT2D eigenvalue weighted by atomic mass is 10.1. The van der Waals surface area contributed by atoms with Crippen LogP contribution >= 0.6 is 0 Å². The Labute approximate surface area is 157 Å². The van der Waals surface area contributed by atoms with Crippen LogP contribution in [0.4, 0.5) is 5.95 Å². The summed E-state index contributed by atoms with van der Waals surface area (Å²) in [6.45, 7) is 1.08. The molecule has 0 aliphatic rings. The monoisotopic (exact) mass is 363 g/mol. The molecule has 3 aromatic rings. The highest BCUT2D eigenvalue weighted by Gasteiger charge is 2.08. The van der Waals surface area contributed by atoms with Gasteiger partial charge in [-0.05, 0) is 47.9 Å². The second-order valence-corrected chi connectivity index (χ2v) is 5.83. The van der Waals surface area contributed by atoms with Crippen molar-refractivity contribution in [2.75, 3.05) is 19.0 Å². The van der Waals surface area contributed by atoms with E-state index in [1.165, 1.54) is 0 Å². The van der Waals surface area contributed by atoms with Gasteiger partial charge in [-0.15, -0.1) is 0 Å². The molecule has 2 aromatic heterocycles. The Balaban J connectivity index is 1.50. The number of aromatic nitrogens is 3. The number of hydrogen-bond donors (Lipinski definition) is 2. The number of hydrogen-bond acceptors (Lipinski definition) is 6. The minimum atomic E-state index is -0.224. The number of nitrogens with one attached hydrogen (secondary N) is 2. The molecule has 2 heterocycles. The number of ether oxygens (including phenoxy) is 1. The Morgan fingerprint density at radius 1 is 1.00 bits per heavy atom. The van der Waals surface area contributed by atoms with Gasteiger partial charge in [-0.1, -0.05) is 12.1 Å². The Bertz CT molecular complexity index is 869. The summed E-state index contributed by atoms with van der Waals surface area (Å²) in [5.41, 5.74) is 2.51. The van der Waals surface area contributed by atoms with Gasteiger partial charge in [0.15, 0.2) is 0 Å². The van der Waals surface area contributed by atoms with Gasteiger partial charge in [-0.3, -0.25) is 9.78 Å². The van der Waals surface area contributed by atoms with E-state index in [4.69, 9.17) is 4.74 Å². The summed E-state index contributed by atoms with van der Waals surface area (Å²) in [5.74, 6) is 1.00. The van der Waals surface area contributed by atoms with Crippen molar-refractivity contribution >= 4 is 11.9 Å². The molecule has 27 heavy (non-hydrogen) atoms. The summed E-state index contributed by atoms with van der Waals surface area (Å²) in [4.78, 5) is 24.7. The molecule has 0 saturated heterocycles. The first kappa shape index (κ1) is 18.3. The van der Waals surface area contributed by atoms with E-state index < -0.39 is 0 Å². The molecule has 0 aliphatic carbocycles. The highest BCUT2D eigenvalue weighted by Crippen LogP contribution is 2.11. The number of anilines is 1. The van der Waals surface area contributed by atoms with Crippen molar-refractivity contribution in [2.45, 2.75) is 13.0 Å². The SMILES string of the molecule is COc1ccc(CCNC(=O)c2ccnc(NCc3ccncc3)n2)cc1. The summed E-state index contributed by atoms with van der Waals surface area (Å²) in [5, 5.41) is 5.99. The average molecular weight is 363 g/mol. The maximum absolute atomic E-state index is 12.3. The number of nitrogens with zero attached hydrogens (tertiary/aromatic N) is 3. The third-order valence-corrected chi connectivity index (χ3v) is 3.95. The van der Waals surface area contributed by atoms with E-state index in [9.17, 15) is 4.79 Å². The normalized spacial score (nSPS) is 10.3. The summed E-state index contributed by atoms with van der Waals surface area (Å²) >= 11 is 0. The van der Waals surface area contributed by atoms with Gasteiger partial charge < -0.3 is 15.4 Å². The van der Waals surface area contributed by atoms with Crippen LogP contribution < -0.4 is 15.4 Å². The molecule has 7 nitrogen and oxygen atoms in total. The van der Waals surface area contributed by atoms with Crippen LogP contribution in [-0.2, 0) is 13.0 Å². The lowest BCUT2D eigenvalue weighted by Crippen LogP contribution is -2.26. The molecule has 2 N–H and O–H groups in total. The molecule has 1 amide bonds. The molecule has 3 rings (SSSR count). The first-order chi connectivity index (χ1) is 13.2. The van der Waals surface area contributed by atoms with Crippen LogP contribution in [0.25, 0.3) is 0 Å². The van der Waals surface area contributed by atoms with Crippen molar-refractivity contribution in [1.29, 1.82) is 0 Å². The number of benzene rings is 1. The maximum atomic E-state index is 12.3. The largest absolute Gasteiger partial charge is 0.497 e. The van der Waals surface area contributed by atoms with Gasteiger partial charge in [0.1, 0.15) is 11.4 Å². The number of amides is 1. The van der Waals surface area contributed by atoms with Crippen LogP contribution in [0, 0.1) is 0 Å². The third-order valence-electron chi connectivity index (χ3n) is 3.95. The number of rotatable bonds is 8. The number of carbonyl (C=O) groups excluding carboxylic acids is 1. The molecule has 0 fully saturated rings. The topological polar surface area (TPSA) is 89.0 Å². The number of pyridine rings is 1. The lowest BCUT2D eigenvalue weighted by Gasteiger charge is -2.08. The Morgan fingerprint density at radius 3 is 2.52 bits per heavy atom. The van der Waals surface area contributed by atoms with Crippen molar-refractivity contribution in [3.8, 4) is 5.75 Å². The average Bonchev–Trinajstić information content (AvgIpc) is 2.73. The molecular formula is C20H21N5O2. The van der Waals surface area contributed by atoms with Crippen molar-refractivity contribution in [2.24, 2.45) is 0 Å². The molecular weight excluding hydrogens is 342 g/mol. The first-order valence-electron chi connectivity index (χ1n) is 8.61. The Hall–Kier alpha value is -3.48. The van der Waals surface area contributed by atoms with E-state index in [-0.39, 0.29) is 5.91 Å². The van der Waals surface area contributed by atoms with E-state index in [0.717, 1.165) is 23.3 Å². The fraction of sp³-hybridized carbons (Fsp3) is 0.200. The highest BCUT2D eigenvalue weighted by atomic mass is 16.5. The van der Waals surface area contributed by atoms with Crippen LogP contribution in [-0.4, -0.2) is 34.5 Å². The summed E-state index contributed by atoms with van der Waals surface area (Å²) in [6.07, 6.45) is 5.75. The molecule has 0 saturated carbocycles. The van der Waals surface area contributed by atoms with Crippen LogP contribution in [0.15, 0.2) is 61.1 Å². The molecule has 1 aromatic carbocycles. The summed E-state index contributed by atoms with van der Waals surface area (Å²) in [6, 6.07) is 13.2. The fourth-order valence-corrected chi connectivity index (χ4v) is 2.46. The third kappa shape index (κ3) is 5.50. The first-order valence-corrected chi connectivity index (χ1v) is 8.61. The summed E-state index contributed by atoms with van der Waals surface area (Å²) < 4.78 is 5.14. The predicted molar refractivity (Wildman–Crippen MR) is 103 cm³/mol. The number of carbonyl (C=O) groups is 1. The zero-order chi connectivity index (χ0) is 18.9. The summed E-state index contributed by atoms with van der Waals surface area (Å²) in [7, 11) is 1.64. The molecule has 0 aliphatic heterocycles. The second-order valence-electron chi connectivity index (χ2n) is 5.83. The van der Waals surface area contributed by atoms with Gasteiger partial charge in [0.25, 0.3) is 5.91 Å². The van der Waals surface area contributed by atoms with Crippen LogP contribution in [0.2, 0.25) is 0 Å².